The monoisotopic (exact) mass is 279 g/mol. The van der Waals surface area contributed by atoms with Gasteiger partial charge in [0.15, 0.2) is 0 Å². The average molecular weight is 279 g/mol. The lowest BCUT2D eigenvalue weighted by Crippen LogP contribution is -2.28. The molecule has 0 aliphatic carbocycles. The lowest BCUT2D eigenvalue weighted by atomic mass is 10.1. The number of carbonyl (C=O) groups excluding carboxylic acids is 1. The molecule has 1 aromatic heterocycles. The summed E-state index contributed by atoms with van der Waals surface area (Å²) in [6, 6.07) is 15.6. The van der Waals surface area contributed by atoms with Gasteiger partial charge in [-0.15, -0.1) is 0 Å². The maximum atomic E-state index is 11.9. The number of H-pyrrole nitrogens is 1. The van der Waals surface area contributed by atoms with E-state index in [9.17, 15) is 4.79 Å². The lowest BCUT2D eigenvalue weighted by molar-refractivity contribution is 0.251. The highest BCUT2D eigenvalue weighted by Crippen LogP contribution is 2.17. The molecule has 21 heavy (non-hydrogen) atoms. The highest BCUT2D eigenvalue weighted by molar-refractivity contribution is 5.92. The molecule has 0 aliphatic heterocycles. The lowest BCUT2D eigenvalue weighted by Gasteiger charge is -2.08. The molecule has 0 radical (unpaired) electrons. The van der Waals surface area contributed by atoms with Gasteiger partial charge >= 0.3 is 6.03 Å². The van der Waals surface area contributed by atoms with Gasteiger partial charge in [0, 0.05) is 29.3 Å². The minimum Gasteiger partial charge on any atom is -0.361 e. The fraction of sp³-hybridized carbons (Fsp3) is 0.118. The van der Waals surface area contributed by atoms with Crippen LogP contribution in [0.2, 0.25) is 0 Å². The molecule has 0 bridgehead atoms. The summed E-state index contributed by atoms with van der Waals surface area (Å²) in [5.74, 6) is 0. The van der Waals surface area contributed by atoms with E-state index in [4.69, 9.17) is 0 Å². The molecular weight excluding hydrogens is 262 g/mol. The number of fused-ring (bicyclic) bond motifs is 1. The molecule has 106 valence electrons. The van der Waals surface area contributed by atoms with Crippen molar-refractivity contribution in [1.29, 1.82) is 0 Å². The Morgan fingerprint density at radius 2 is 2.05 bits per heavy atom. The number of nitrogens with one attached hydrogen (secondary N) is 3. The summed E-state index contributed by atoms with van der Waals surface area (Å²) in [6.07, 6.45) is 1.88. The zero-order valence-corrected chi connectivity index (χ0v) is 11.8. The molecule has 1 heterocycles. The molecule has 3 aromatic rings. The van der Waals surface area contributed by atoms with E-state index in [0.29, 0.717) is 6.54 Å². The first-order valence-electron chi connectivity index (χ1n) is 6.88. The van der Waals surface area contributed by atoms with Gasteiger partial charge in [0.2, 0.25) is 0 Å². The van der Waals surface area contributed by atoms with Crippen molar-refractivity contribution in [1.82, 2.24) is 10.3 Å². The Hall–Kier alpha value is -2.75. The Kier molecular flexibility index (Phi) is 3.60. The molecule has 0 saturated carbocycles. The number of benzene rings is 2. The second-order valence-corrected chi connectivity index (χ2v) is 5.08. The number of aromatic amines is 1. The third-order valence-electron chi connectivity index (χ3n) is 3.35. The molecule has 3 rings (SSSR count). The first-order valence-corrected chi connectivity index (χ1v) is 6.88. The SMILES string of the molecule is Cc1cccc(CNC(=O)Nc2ccc3[nH]ccc3c2)c1. The number of aromatic nitrogens is 1. The Morgan fingerprint density at radius 3 is 2.90 bits per heavy atom. The molecule has 3 N–H and O–H groups in total. The summed E-state index contributed by atoms with van der Waals surface area (Å²) in [4.78, 5) is 15.0. The van der Waals surface area contributed by atoms with E-state index >= 15 is 0 Å². The van der Waals surface area contributed by atoms with Crippen molar-refractivity contribution in [2.24, 2.45) is 0 Å². The van der Waals surface area contributed by atoms with Crippen LogP contribution in [0.5, 0.6) is 0 Å². The van der Waals surface area contributed by atoms with Crippen LogP contribution in [-0.4, -0.2) is 11.0 Å². The zero-order chi connectivity index (χ0) is 14.7. The second-order valence-electron chi connectivity index (χ2n) is 5.08. The van der Waals surface area contributed by atoms with E-state index in [1.165, 1.54) is 5.56 Å². The largest absolute Gasteiger partial charge is 0.361 e. The van der Waals surface area contributed by atoms with Gasteiger partial charge in [0.25, 0.3) is 0 Å². The Morgan fingerprint density at radius 1 is 1.14 bits per heavy atom. The standard InChI is InChI=1S/C17H17N3O/c1-12-3-2-4-13(9-12)11-19-17(21)20-15-5-6-16-14(10-15)7-8-18-16/h2-10,18H,11H2,1H3,(H2,19,20,21). The van der Waals surface area contributed by atoms with Gasteiger partial charge in [-0.25, -0.2) is 4.79 Å². The molecular formula is C17H17N3O. The number of urea groups is 1. The molecule has 0 atom stereocenters. The van der Waals surface area contributed by atoms with Crippen molar-refractivity contribution < 1.29 is 4.79 Å². The third kappa shape index (κ3) is 3.23. The molecule has 0 spiro atoms. The van der Waals surface area contributed by atoms with E-state index in [-0.39, 0.29) is 6.03 Å². The molecule has 4 heteroatoms. The second kappa shape index (κ2) is 5.71. The van der Waals surface area contributed by atoms with Gasteiger partial charge < -0.3 is 15.6 Å². The predicted octanol–water partition coefficient (Wildman–Crippen LogP) is 3.80. The minimum atomic E-state index is -0.202. The van der Waals surface area contributed by atoms with Crippen molar-refractivity contribution in [2.75, 3.05) is 5.32 Å². The minimum absolute atomic E-state index is 0.202. The normalized spacial score (nSPS) is 10.5. The van der Waals surface area contributed by atoms with E-state index in [1.54, 1.807) is 0 Å². The smallest absolute Gasteiger partial charge is 0.319 e. The van der Waals surface area contributed by atoms with E-state index in [2.05, 4.69) is 21.7 Å². The first-order chi connectivity index (χ1) is 10.2. The van der Waals surface area contributed by atoms with Crippen molar-refractivity contribution in [3.63, 3.8) is 0 Å². The summed E-state index contributed by atoms with van der Waals surface area (Å²) in [5.41, 5.74) is 4.11. The van der Waals surface area contributed by atoms with Crippen LogP contribution in [-0.2, 0) is 6.54 Å². The molecule has 0 aliphatic rings. The topological polar surface area (TPSA) is 56.9 Å². The van der Waals surface area contributed by atoms with E-state index < -0.39 is 0 Å². The fourth-order valence-electron chi connectivity index (χ4n) is 2.31. The molecule has 0 unspecified atom stereocenters. The average Bonchev–Trinajstić information content (AvgIpc) is 2.93. The third-order valence-corrected chi connectivity index (χ3v) is 3.35. The summed E-state index contributed by atoms with van der Waals surface area (Å²) >= 11 is 0. The maximum Gasteiger partial charge on any atom is 0.319 e. The van der Waals surface area contributed by atoms with Crippen molar-refractivity contribution in [2.45, 2.75) is 13.5 Å². The number of hydrogen-bond acceptors (Lipinski definition) is 1. The molecule has 0 fully saturated rings. The van der Waals surface area contributed by atoms with Gasteiger partial charge in [-0.3, -0.25) is 0 Å². The van der Waals surface area contributed by atoms with Crippen LogP contribution >= 0.6 is 0 Å². The number of rotatable bonds is 3. The van der Waals surface area contributed by atoms with Gasteiger partial charge in [-0.2, -0.15) is 0 Å². The van der Waals surface area contributed by atoms with Crippen LogP contribution in [0.15, 0.2) is 54.7 Å². The molecule has 2 amide bonds. The van der Waals surface area contributed by atoms with Crippen molar-refractivity contribution in [3.8, 4) is 0 Å². The first kappa shape index (κ1) is 13.2. The number of aryl methyl sites for hydroxylation is 1. The van der Waals surface area contributed by atoms with Gasteiger partial charge in [0.05, 0.1) is 0 Å². The van der Waals surface area contributed by atoms with Crippen LogP contribution in [0.4, 0.5) is 10.5 Å². The van der Waals surface area contributed by atoms with Crippen molar-refractivity contribution >= 4 is 22.6 Å². The highest BCUT2D eigenvalue weighted by Gasteiger charge is 2.03. The van der Waals surface area contributed by atoms with Crippen LogP contribution in [0.3, 0.4) is 0 Å². The Bertz CT molecular complexity index is 776. The van der Waals surface area contributed by atoms with Crippen LogP contribution in [0.25, 0.3) is 10.9 Å². The van der Waals surface area contributed by atoms with Crippen LogP contribution < -0.4 is 10.6 Å². The quantitative estimate of drug-likeness (QED) is 0.671. The summed E-state index contributed by atoms with van der Waals surface area (Å²) in [6.45, 7) is 2.55. The Labute approximate surface area is 123 Å². The molecule has 4 nitrogen and oxygen atoms in total. The summed E-state index contributed by atoms with van der Waals surface area (Å²) in [7, 11) is 0. The molecule has 2 aromatic carbocycles. The van der Waals surface area contributed by atoms with E-state index in [1.807, 2.05) is 55.6 Å². The van der Waals surface area contributed by atoms with Crippen molar-refractivity contribution in [3.05, 3.63) is 65.9 Å². The Balaban J connectivity index is 1.60. The summed E-state index contributed by atoms with van der Waals surface area (Å²) < 4.78 is 0. The van der Waals surface area contributed by atoms with Gasteiger partial charge in [0.1, 0.15) is 0 Å². The van der Waals surface area contributed by atoms with Gasteiger partial charge in [-0.05, 0) is 36.8 Å². The number of anilines is 1. The van der Waals surface area contributed by atoms with Gasteiger partial charge in [-0.1, -0.05) is 29.8 Å². The fourth-order valence-corrected chi connectivity index (χ4v) is 2.31. The van der Waals surface area contributed by atoms with E-state index in [0.717, 1.165) is 22.2 Å². The highest BCUT2D eigenvalue weighted by atomic mass is 16.2. The van der Waals surface area contributed by atoms with Crippen LogP contribution in [0.1, 0.15) is 11.1 Å². The molecule has 0 saturated heterocycles. The maximum absolute atomic E-state index is 11.9. The van der Waals surface area contributed by atoms with Crippen LogP contribution in [0, 0.1) is 6.92 Å². The number of carbonyl (C=O) groups is 1. The summed E-state index contributed by atoms with van der Waals surface area (Å²) in [5, 5.41) is 6.78. The predicted molar refractivity (Wildman–Crippen MR) is 85.3 cm³/mol. The number of amides is 2. The number of hydrogen-bond donors (Lipinski definition) is 3. The zero-order valence-electron chi connectivity index (χ0n) is 11.8.